The SMILES string of the molecule is [2H]C([2H])([2H])NC(=O)c1cnc(Cl)cc1Nc1cn(C)c2ccn(CC3CC3)c(=O)c12. The van der Waals surface area contributed by atoms with E-state index in [0.717, 1.165) is 18.4 Å². The third-order valence-electron chi connectivity index (χ3n) is 4.77. The molecule has 0 bridgehead atoms. The Morgan fingerprint density at radius 3 is 3.00 bits per heavy atom. The van der Waals surface area contributed by atoms with Crippen molar-refractivity contribution in [1.82, 2.24) is 19.4 Å². The number of aryl methyl sites for hydroxylation is 1. The molecule has 0 aliphatic heterocycles. The monoisotopic (exact) mass is 388 g/mol. The first kappa shape index (κ1) is 14.3. The zero-order valence-electron chi connectivity index (χ0n) is 17.6. The summed E-state index contributed by atoms with van der Waals surface area (Å²) in [7, 11) is 1.82. The lowest BCUT2D eigenvalue weighted by Crippen LogP contribution is -2.21. The number of aromatic nitrogens is 3. The van der Waals surface area contributed by atoms with Crippen molar-refractivity contribution in [3.63, 3.8) is 0 Å². The minimum absolute atomic E-state index is 0.00163. The van der Waals surface area contributed by atoms with Crippen LogP contribution in [0.1, 0.15) is 27.3 Å². The molecule has 3 heterocycles. The highest BCUT2D eigenvalue weighted by molar-refractivity contribution is 6.29. The fourth-order valence-corrected chi connectivity index (χ4v) is 3.34. The fraction of sp³-hybridized carbons (Fsp3) is 0.316. The van der Waals surface area contributed by atoms with Gasteiger partial charge in [0.15, 0.2) is 0 Å². The first-order valence-corrected chi connectivity index (χ1v) is 8.94. The Kier molecular flexibility index (Phi) is 3.56. The summed E-state index contributed by atoms with van der Waals surface area (Å²) < 4.78 is 25.3. The van der Waals surface area contributed by atoms with E-state index in [9.17, 15) is 9.59 Å². The predicted octanol–water partition coefficient (Wildman–Crippen LogP) is 2.90. The molecule has 140 valence electrons. The van der Waals surface area contributed by atoms with Gasteiger partial charge in [0.25, 0.3) is 11.5 Å². The Morgan fingerprint density at radius 1 is 1.44 bits per heavy atom. The van der Waals surface area contributed by atoms with Crippen molar-refractivity contribution >= 4 is 39.8 Å². The summed E-state index contributed by atoms with van der Waals surface area (Å²) in [5.41, 5.74) is 1.36. The minimum Gasteiger partial charge on any atom is -0.355 e. The van der Waals surface area contributed by atoms with Crippen LogP contribution in [0.4, 0.5) is 11.4 Å². The van der Waals surface area contributed by atoms with E-state index in [0.29, 0.717) is 23.5 Å². The number of nitrogens with zero attached hydrogens (tertiary/aromatic N) is 3. The normalized spacial score (nSPS) is 15.9. The average molecular weight is 389 g/mol. The number of nitrogens with one attached hydrogen (secondary N) is 2. The van der Waals surface area contributed by atoms with Crippen LogP contribution in [0.3, 0.4) is 0 Å². The molecule has 2 N–H and O–H groups in total. The molecule has 0 radical (unpaired) electrons. The number of carbonyl (C=O) groups is 1. The summed E-state index contributed by atoms with van der Waals surface area (Å²) in [6.45, 7) is -1.97. The predicted molar refractivity (Wildman–Crippen MR) is 106 cm³/mol. The van der Waals surface area contributed by atoms with Gasteiger partial charge in [0.2, 0.25) is 0 Å². The van der Waals surface area contributed by atoms with E-state index >= 15 is 0 Å². The maximum absolute atomic E-state index is 13.1. The van der Waals surface area contributed by atoms with Crippen molar-refractivity contribution < 1.29 is 8.91 Å². The van der Waals surface area contributed by atoms with Crippen LogP contribution in [0.5, 0.6) is 0 Å². The Morgan fingerprint density at radius 2 is 2.26 bits per heavy atom. The van der Waals surface area contributed by atoms with Crippen molar-refractivity contribution in [3.8, 4) is 0 Å². The molecule has 27 heavy (non-hydrogen) atoms. The van der Waals surface area contributed by atoms with Gasteiger partial charge in [-0.05, 0) is 30.9 Å². The van der Waals surface area contributed by atoms with Gasteiger partial charge >= 0.3 is 0 Å². The highest BCUT2D eigenvalue weighted by Gasteiger charge is 2.23. The molecule has 1 saturated carbocycles. The smallest absolute Gasteiger partial charge is 0.262 e. The Balaban J connectivity index is 1.76. The molecule has 0 spiro atoms. The van der Waals surface area contributed by atoms with Gasteiger partial charge in [-0.25, -0.2) is 4.98 Å². The number of hydrogen-bond acceptors (Lipinski definition) is 4. The summed E-state index contributed by atoms with van der Waals surface area (Å²) in [6.07, 6.45) is 6.99. The molecule has 4 rings (SSSR count). The lowest BCUT2D eigenvalue weighted by molar-refractivity contribution is 0.0963. The Hall–Kier alpha value is -2.80. The Labute approximate surface area is 165 Å². The second-order valence-electron chi connectivity index (χ2n) is 6.76. The zero-order valence-corrected chi connectivity index (χ0v) is 15.4. The number of anilines is 2. The summed E-state index contributed by atoms with van der Waals surface area (Å²) in [5.74, 6) is -0.289. The topological polar surface area (TPSA) is 81.0 Å². The molecule has 0 aromatic carbocycles. The van der Waals surface area contributed by atoms with Gasteiger partial charge in [0, 0.05) is 43.3 Å². The van der Waals surface area contributed by atoms with E-state index in [1.54, 1.807) is 17.0 Å². The van der Waals surface area contributed by atoms with Crippen molar-refractivity contribution in [3.05, 3.63) is 51.8 Å². The van der Waals surface area contributed by atoms with Crippen LogP contribution in [-0.4, -0.2) is 27.0 Å². The van der Waals surface area contributed by atoms with Gasteiger partial charge in [0.05, 0.1) is 27.8 Å². The molecule has 3 aromatic heterocycles. The molecular formula is C19H20ClN5O2. The highest BCUT2D eigenvalue weighted by Crippen LogP contribution is 2.31. The summed E-state index contributed by atoms with van der Waals surface area (Å²) in [6, 6.07) is 3.30. The maximum atomic E-state index is 13.1. The molecule has 1 aliphatic carbocycles. The highest BCUT2D eigenvalue weighted by atomic mass is 35.5. The van der Waals surface area contributed by atoms with Crippen LogP contribution < -0.4 is 16.2 Å². The van der Waals surface area contributed by atoms with E-state index in [-0.39, 0.29) is 22.0 Å². The third-order valence-corrected chi connectivity index (χ3v) is 4.97. The molecule has 1 aliphatic rings. The van der Waals surface area contributed by atoms with Crippen LogP contribution in [-0.2, 0) is 13.6 Å². The van der Waals surface area contributed by atoms with Gasteiger partial charge in [-0.15, -0.1) is 0 Å². The summed E-state index contributed by atoms with van der Waals surface area (Å²) in [4.78, 5) is 29.4. The number of amides is 1. The van der Waals surface area contributed by atoms with Crippen LogP contribution in [0.2, 0.25) is 5.15 Å². The van der Waals surface area contributed by atoms with Crippen LogP contribution in [0, 0.1) is 5.92 Å². The lowest BCUT2D eigenvalue weighted by Gasteiger charge is -2.11. The summed E-state index contributed by atoms with van der Waals surface area (Å²) in [5, 5.41) is 5.62. The second-order valence-corrected chi connectivity index (χ2v) is 7.15. The first-order chi connectivity index (χ1) is 14.1. The summed E-state index contributed by atoms with van der Waals surface area (Å²) >= 11 is 6.00. The minimum atomic E-state index is -2.65. The van der Waals surface area contributed by atoms with Gasteiger partial charge < -0.3 is 19.8 Å². The molecule has 0 unspecified atom stereocenters. The number of pyridine rings is 2. The molecule has 8 heteroatoms. The van der Waals surface area contributed by atoms with Gasteiger partial charge in [-0.3, -0.25) is 9.59 Å². The van der Waals surface area contributed by atoms with Crippen molar-refractivity contribution in [2.45, 2.75) is 19.4 Å². The first-order valence-electron chi connectivity index (χ1n) is 10.1. The number of hydrogen-bond donors (Lipinski definition) is 2. The van der Waals surface area contributed by atoms with Gasteiger partial charge in [0.1, 0.15) is 5.15 Å². The maximum Gasteiger partial charge on any atom is 0.262 e. The van der Waals surface area contributed by atoms with Gasteiger partial charge in [-0.1, -0.05) is 11.6 Å². The molecule has 1 amide bonds. The number of carbonyl (C=O) groups excluding carboxylic acids is 1. The number of rotatable bonds is 5. The van der Waals surface area contributed by atoms with Gasteiger partial charge in [-0.2, -0.15) is 0 Å². The van der Waals surface area contributed by atoms with Crippen molar-refractivity contribution in [1.29, 1.82) is 0 Å². The van der Waals surface area contributed by atoms with E-state index in [2.05, 4.69) is 10.3 Å². The van der Waals surface area contributed by atoms with Crippen molar-refractivity contribution in [2.75, 3.05) is 12.3 Å². The fourth-order valence-electron chi connectivity index (χ4n) is 3.18. The van der Waals surface area contributed by atoms with E-state index in [1.165, 1.54) is 12.3 Å². The third kappa shape index (κ3) is 3.30. The van der Waals surface area contributed by atoms with Crippen LogP contribution >= 0.6 is 11.6 Å². The Bertz CT molecular complexity index is 1200. The van der Waals surface area contributed by atoms with Crippen molar-refractivity contribution in [2.24, 2.45) is 13.0 Å². The molecule has 0 saturated heterocycles. The molecular weight excluding hydrogens is 366 g/mol. The molecule has 3 aromatic rings. The molecule has 7 nitrogen and oxygen atoms in total. The zero-order chi connectivity index (χ0) is 21.6. The van der Waals surface area contributed by atoms with E-state index < -0.39 is 12.9 Å². The number of halogens is 1. The lowest BCUT2D eigenvalue weighted by atomic mass is 10.2. The van der Waals surface area contributed by atoms with E-state index in [1.807, 2.05) is 23.0 Å². The van der Waals surface area contributed by atoms with E-state index in [4.69, 9.17) is 15.7 Å². The quantitative estimate of drug-likeness (QED) is 0.658. The van der Waals surface area contributed by atoms with Crippen LogP contribution in [0.25, 0.3) is 10.9 Å². The number of fused-ring (bicyclic) bond motifs is 1. The van der Waals surface area contributed by atoms with Crippen LogP contribution in [0.15, 0.2) is 35.5 Å². The standard InChI is InChI=1S/C19H20ClN5O2/c1-21-18(26)12-8-22-16(20)7-13(12)23-14-10-24(2)15-5-6-25(9-11-3-4-11)19(27)17(14)15/h5-8,10-11H,3-4,9H2,1-2H3,(H,21,26)(H,22,23)/i1D3. The average Bonchev–Trinajstić information content (AvgIpc) is 3.39. The second kappa shape index (κ2) is 6.74. The molecule has 0 atom stereocenters. The molecule has 1 fully saturated rings. The largest absolute Gasteiger partial charge is 0.355 e.